The van der Waals surface area contributed by atoms with Crippen LogP contribution in [0.1, 0.15) is 30.9 Å². The molecule has 0 amide bonds. The van der Waals surface area contributed by atoms with Gasteiger partial charge in [0.05, 0.1) is 11.8 Å². The number of benzene rings is 2. The lowest BCUT2D eigenvalue weighted by molar-refractivity contribution is 0.0765. The first-order chi connectivity index (χ1) is 16.0. The zero-order valence-electron chi connectivity index (χ0n) is 18.8. The molecule has 0 aromatic heterocycles. The van der Waals surface area contributed by atoms with Crippen LogP contribution in [0, 0.1) is 0 Å². The van der Waals surface area contributed by atoms with E-state index in [9.17, 15) is 13.0 Å². The lowest BCUT2D eigenvalue weighted by atomic mass is 10.1. The molecule has 0 radical (unpaired) electrons. The molecule has 1 aliphatic heterocycles. The van der Waals surface area contributed by atoms with E-state index >= 15 is 0 Å². The van der Waals surface area contributed by atoms with Gasteiger partial charge in [-0.05, 0) is 62.3 Å². The Morgan fingerprint density at radius 3 is 2.42 bits per heavy atom. The van der Waals surface area contributed by atoms with Crippen molar-refractivity contribution in [1.29, 1.82) is 0 Å². The van der Waals surface area contributed by atoms with E-state index in [4.69, 9.17) is 4.74 Å². The lowest BCUT2D eigenvalue weighted by Gasteiger charge is -2.34. The number of rotatable bonds is 10. The van der Waals surface area contributed by atoms with Crippen molar-refractivity contribution in [3.63, 3.8) is 0 Å². The first kappa shape index (κ1) is 25.0. The third kappa shape index (κ3) is 7.17. The molecule has 1 fully saturated rings. The lowest BCUT2D eigenvalue weighted by Crippen LogP contribution is -2.42. The molecule has 2 aromatic rings. The number of piperidine rings is 1. The number of halogens is 2. The Bertz CT molecular complexity index is 933. The van der Waals surface area contributed by atoms with Crippen molar-refractivity contribution in [3.8, 4) is 0 Å². The van der Waals surface area contributed by atoms with Gasteiger partial charge in [0.2, 0.25) is 5.90 Å². The summed E-state index contributed by atoms with van der Waals surface area (Å²) in [6.45, 7) is 8.04. The standard InChI is InChI=1S/C24H30F2N4O2S/c1-3-29-15-13-22(14-16-29)33(31)30(21-7-5-4-6-8-21)17-19-9-11-20(12-10-19)24(28-27-2)32-18-23(25)26/h4-12,22-23H,2-3,13-18H2,1H3/b28-24-. The van der Waals surface area contributed by atoms with Crippen LogP contribution in [0.2, 0.25) is 0 Å². The maximum Gasteiger partial charge on any atom is 0.272 e. The second-order valence-corrected chi connectivity index (χ2v) is 9.39. The molecule has 0 bridgehead atoms. The van der Waals surface area contributed by atoms with Gasteiger partial charge in [-0.25, -0.2) is 13.0 Å². The number of alkyl halides is 2. The van der Waals surface area contributed by atoms with Crippen LogP contribution in [0.4, 0.5) is 14.5 Å². The van der Waals surface area contributed by atoms with Crippen molar-refractivity contribution in [3.05, 3.63) is 65.7 Å². The molecule has 33 heavy (non-hydrogen) atoms. The van der Waals surface area contributed by atoms with E-state index < -0.39 is 24.0 Å². The average Bonchev–Trinajstić information content (AvgIpc) is 2.85. The smallest absolute Gasteiger partial charge is 0.272 e. The summed E-state index contributed by atoms with van der Waals surface area (Å²) in [6.07, 6.45) is -0.810. The van der Waals surface area contributed by atoms with Crippen molar-refractivity contribution >= 4 is 29.3 Å². The van der Waals surface area contributed by atoms with Gasteiger partial charge >= 0.3 is 0 Å². The van der Waals surface area contributed by atoms with Crippen LogP contribution < -0.4 is 4.31 Å². The molecular formula is C24H30F2N4O2S. The van der Waals surface area contributed by atoms with Crippen LogP contribution in [0.5, 0.6) is 0 Å². The quantitative estimate of drug-likeness (QED) is 0.289. The van der Waals surface area contributed by atoms with Crippen molar-refractivity contribution in [2.24, 2.45) is 10.2 Å². The van der Waals surface area contributed by atoms with Crippen LogP contribution >= 0.6 is 0 Å². The molecule has 3 rings (SSSR count). The minimum atomic E-state index is -2.61. The Labute approximate surface area is 196 Å². The van der Waals surface area contributed by atoms with Crippen LogP contribution in [0.3, 0.4) is 0 Å². The predicted molar refractivity (Wildman–Crippen MR) is 130 cm³/mol. The summed E-state index contributed by atoms with van der Waals surface area (Å²) in [5.41, 5.74) is 2.35. The minimum Gasteiger partial charge on any atom is -0.470 e. The van der Waals surface area contributed by atoms with E-state index in [1.807, 2.05) is 46.8 Å². The highest BCUT2D eigenvalue weighted by Gasteiger charge is 2.28. The normalized spacial score (nSPS) is 16.5. The SMILES string of the molecule is C=N/N=C(\OCC(F)F)c1ccc(CN(c2ccccc2)S(=O)C2CCN(CC)CC2)cc1. The van der Waals surface area contributed by atoms with Gasteiger partial charge in [-0.3, -0.25) is 4.31 Å². The molecule has 2 aromatic carbocycles. The number of anilines is 1. The van der Waals surface area contributed by atoms with Gasteiger partial charge in [-0.15, -0.1) is 5.10 Å². The number of ether oxygens (including phenoxy) is 1. The fraction of sp³-hybridized carbons (Fsp3) is 0.417. The van der Waals surface area contributed by atoms with Crippen LogP contribution in [-0.4, -0.2) is 59.6 Å². The second kappa shape index (κ2) is 12.6. The maximum absolute atomic E-state index is 13.6. The summed E-state index contributed by atoms with van der Waals surface area (Å²) in [5, 5.41) is 7.23. The molecule has 0 N–H and O–H groups in total. The molecule has 1 unspecified atom stereocenters. The summed E-state index contributed by atoms with van der Waals surface area (Å²) in [5.74, 6) is -0.0111. The third-order valence-electron chi connectivity index (χ3n) is 5.56. The van der Waals surface area contributed by atoms with Crippen molar-refractivity contribution in [1.82, 2.24) is 4.90 Å². The summed E-state index contributed by atoms with van der Waals surface area (Å²) >= 11 is 0. The number of nitrogens with zero attached hydrogens (tertiary/aromatic N) is 4. The highest BCUT2D eigenvalue weighted by molar-refractivity contribution is 7.87. The average molecular weight is 477 g/mol. The Morgan fingerprint density at radius 1 is 1.18 bits per heavy atom. The van der Waals surface area contributed by atoms with E-state index in [0.29, 0.717) is 12.1 Å². The molecule has 0 aliphatic carbocycles. The van der Waals surface area contributed by atoms with Gasteiger partial charge in [0.1, 0.15) is 11.0 Å². The summed E-state index contributed by atoms with van der Waals surface area (Å²) in [4.78, 5) is 2.38. The summed E-state index contributed by atoms with van der Waals surface area (Å²) in [7, 11) is -1.19. The van der Waals surface area contributed by atoms with E-state index in [2.05, 4.69) is 28.7 Å². The van der Waals surface area contributed by atoms with Gasteiger partial charge in [-0.1, -0.05) is 37.3 Å². The molecule has 9 heteroatoms. The zero-order chi connectivity index (χ0) is 23.6. The predicted octanol–water partition coefficient (Wildman–Crippen LogP) is 4.49. The van der Waals surface area contributed by atoms with E-state index in [1.165, 1.54) is 0 Å². The fourth-order valence-electron chi connectivity index (χ4n) is 3.75. The molecule has 1 aliphatic rings. The monoisotopic (exact) mass is 476 g/mol. The first-order valence-electron chi connectivity index (χ1n) is 11.0. The Kier molecular flexibility index (Phi) is 9.50. The fourth-order valence-corrected chi connectivity index (χ4v) is 5.33. The van der Waals surface area contributed by atoms with Crippen molar-refractivity contribution in [2.75, 3.05) is 30.5 Å². The minimum absolute atomic E-state index is 0.0111. The van der Waals surface area contributed by atoms with Gasteiger partial charge in [0.15, 0.2) is 6.61 Å². The first-order valence-corrected chi connectivity index (χ1v) is 12.2. The van der Waals surface area contributed by atoms with Crippen LogP contribution in [0.25, 0.3) is 0 Å². The van der Waals surface area contributed by atoms with Gasteiger partial charge in [-0.2, -0.15) is 5.10 Å². The Hall–Kier alpha value is -2.65. The third-order valence-corrected chi connectivity index (χ3v) is 7.38. The van der Waals surface area contributed by atoms with E-state index in [-0.39, 0.29) is 11.1 Å². The number of hydrogen-bond acceptors (Lipinski definition) is 5. The van der Waals surface area contributed by atoms with E-state index in [1.54, 1.807) is 12.1 Å². The Morgan fingerprint density at radius 2 is 1.85 bits per heavy atom. The van der Waals surface area contributed by atoms with Crippen LogP contribution in [0.15, 0.2) is 64.8 Å². The largest absolute Gasteiger partial charge is 0.470 e. The number of para-hydroxylation sites is 1. The maximum atomic E-state index is 13.6. The van der Waals surface area contributed by atoms with Crippen molar-refractivity contribution < 1.29 is 17.7 Å². The Balaban J connectivity index is 1.77. The molecule has 6 nitrogen and oxygen atoms in total. The van der Waals surface area contributed by atoms with E-state index in [0.717, 1.165) is 43.7 Å². The highest BCUT2D eigenvalue weighted by Crippen LogP contribution is 2.25. The van der Waals surface area contributed by atoms with Gasteiger partial charge in [0.25, 0.3) is 6.43 Å². The second-order valence-electron chi connectivity index (χ2n) is 7.73. The van der Waals surface area contributed by atoms with Gasteiger partial charge < -0.3 is 9.64 Å². The molecular weight excluding hydrogens is 446 g/mol. The molecule has 1 atom stereocenters. The summed E-state index contributed by atoms with van der Waals surface area (Å²) < 4.78 is 45.6. The molecule has 178 valence electrons. The van der Waals surface area contributed by atoms with Gasteiger partial charge in [0, 0.05) is 18.0 Å². The number of likely N-dealkylation sites (tertiary alicyclic amines) is 1. The molecule has 0 spiro atoms. The topological polar surface area (TPSA) is 57.5 Å². The molecule has 1 saturated heterocycles. The summed E-state index contributed by atoms with van der Waals surface area (Å²) in [6, 6.07) is 16.9. The van der Waals surface area contributed by atoms with Crippen molar-refractivity contribution in [2.45, 2.75) is 38.0 Å². The number of hydrogen-bond donors (Lipinski definition) is 0. The molecule has 1 heterocycles. The zero-order valence-corrected chi connectivity index (χ0v) is 19.6. The van der Waals surface area contributed by atoms with Crippen LogP contribution in [-0.2, 0) is 22.3 Å². The molecule has 0 saturated carbocycles. The highest BCUT2D eigenvalue weighted by atomic mass is 32.2.